The number of rotatable bonds is 8. The first-order valence-electron chi connectivity index (χ1n) is 9.23. The number of ether oxygens (including phenoxy) is 3. The van der Waals surface area contributed by atoms with Crippen LogP contribution in [0.1, 0.15) is 12.0 Å². The second-order valence-corrected chi connectivity index (χ2v) is 8.04. The summed E-state index contributed by atoms with van der Waals surface area (Å²) in [7, 11) is 0. The molecule has 0 saturated carbocycles. The Balaban J connectivity index is 1.37. The molecule has 2 heterocycles. The number of nitrogens with zero attached hydrogens (tertiary/aromatic N) is 2. The third kappa shape index (κ3) is 5.63. The molecule has 1 aliphatic heterocycles. The maximum absolute atomic E-state index is 5.91. The van der Waals surface area contributed by atoms with E-state index < -0.39 is 0 Å². The van der Waals surface area contributed by atoms with Gasteiger partial charge in [-0.05, 0) is 18.2 Å². The van der Waals surface area contributed by atoms with Crippen molar-refractivity contribution in [2.45, 2.75) is 12.7 Å². The molecule has 8 heteroatoms. The van der Waals surface area contributed by atoms with Crippen LogP contribution >= 0.6 is 27.3 Å². The van der Waals surface area contributed by atoms with E-state index in [2.05, 4.69) is 31.4 Å². The van der Waals surface area contributed by atoms with Crippen LogP contribution in [0.4, 0.5) is 5.13 Å². The van der Waals surface area contributed by atoms with Gasteiger partial charge in [0, 0.05) is 27.4 Å². The summed E-state index contributed by atoms with van der Waals surface area (Å²) in [4.78, 5) is 4.57. The molecule has 6 nitrogen and oxygen atoms in total. The lowest BCUT2D eigenvalue weighted by Crippen LogP contribution is -2.13. The number of aromatic nitrogens is 1. The van der Waals surface area contributed by atoms with Crippen LogP contribution in [0, 0.1) is 0 Å². The highest BCUT2D eigenvalue weighted by Gasteiger charge is 2.15. The van der Waals surface area contributed by atoms with Crippen molar-refractivity contribution in [2.75, 3.05) is 25.2 Å². The Morgan fingerprint density at radius 3 is 2.86 bits per heavy atom. The summed E-state index contributed by atoms with van der Waals surface area (Å²) < 4.78 is 17.7. The second-order valence-electron chi connectivity index (χ2n) is 6.26. The predicted octanol–water partition coefficient (Wildman–Crippen LogP) is 5.16. The molecule has 1 aromatic heterocycles. The van der Waals surface area contributed by atoms with Gasteiger partial charge in [0.2, 0.25) is 5.13 Å². The van der Waals surface area contributed by atoms with Gasteiger partial charge < -0.3 is 14.2 Å². The molecule has 0 radical (unpaired) electrons. The van der Waals surface area contributed by atoms with Gasteiger partial charge in [-0.25, -0.2) is 4.98 Å². The highest BCUT2D eigenvalue weighted by Crippen LogP contribution is 2.25. The molecule has 0 aliphatic carbocycles. The fourth-order valence-electron chi connectivity index (χ4n) is 2.81. The number of hydrogen-bond donors (Lipinski definition) is 1. The lowest BCUT2D eigenvalue weighted by molar-refractivity contribution is -0.0531. The average Bonchev–Trinajstić information content (AvgIpc) is 3.42. The lowest BCUT2D eigenvalue weighted by Gasteiger charge is -2.12. The highest BCUT2D eigenvalue weighted by atomic mass is 79.9. The van der Waals surface area contributed by atoms with E-state index in [1.165, 1.54) is 11.3 Å². The van der Waals surface area contributed by atoms with Crippen LogP contribution in [0.3, 0.4) is 0 Å². The maximum Gasteiger partial charge on any atom is 0.203 e. The molecule has 29 heavy (non-hydrogen) atoms. The molecule has 2 aromatic carbocycles. The van der Waals surface area contributed by atoms with Crippen molar-refractivity contribution in [3.8, 4) is 17.0 Å². The first-order valence-corrected chi connectivity index (χ1v) is 10.9. The van der Waals surface area contributed by atoms with Gasteiger partial charge in [-0.3, -0.25) is 5.43 Å². The van der Waals surface area contributed by atoms with E-state index in [4.69, 9.17) is 14.2 Å². The van der Waals surface area contributed by atoms with Crippen molar-refractivity contribution >= 4 is 38.6 Å². The number of hydrogen-bond acceptors (Lipinski definition) is 7. The first-order chi connectivity index (χ1) is 14.3. The van der Waals surface area contributed by atoms with E-state index in [1.54, 1.807) is 6.21 Å². The minimum atomic E-state index is -0.173. The largest absolute Gasteiger partial charge is 0.493 e. The monoisotopic (exact) mass is 473 g/mol. The molecule has 0 bridgehead atoms. The summed E-state index contributed by atoms with van der Waals surface area (Å²) in [6, 6.07) is 15.9. The van der Waals surface area contributed by atoms with E-state index >= 15 is 0 Å². The van der Waals surface area contributed by atoms with Crippen LogP contribution in [0.5, 0.6) is 5.75 Å². The van der Waals surface area contributed by atoms with Crippen LogP contribution in [0.25, 0.3) is 11.3 Å². The lowest BCUT2D eigenvalue weighted by atomic mass is 10.2. The van der Waals surface area contributed by atoms with Gasteiger partial charge >= 0.3 is 0 Å². The molecule has 1 saturated heterocycles. The highest BCUT2D eigenvalue weighted by molar-refractivity contribution is 9.10. The minimum absolute atomic E-state index is 0.173. The van der Waals surface area contributed by atoms with E-state index in [-0.39, 0.29) is 6.29 Å². The summed E-state index contributed by atoms with van der Waals surface area (Å²) >= 11 is 5.01. The number of nitrogens with one attached hydrogen (secondary N) is 1. The molecule has 0 atom stereocenters. The minimum Gasteiger partial charge on any atom is -0.493 e. The average molecular weight is 474 g/mol. The molecule has 0 amide bonds. The summed E-state index contributed by atoms with van der Waals surface area (Å²) in [5.41, 5.74) is 5.87. The number of benzene rings is 2. The second kappa shape index (κ2) is 9.98. The van der Waals surface area contributed by atoms with Gasteiger partial charge in [-0.15, -0.1) is 11.3 Å². The van der Waals surface area contributed by atoms with Gasteiger partial charge in [0.15, 0.2) is 6.29 Å². The molecule has 0 unspecified atom stereocenters. The number of halogens is 1. The Hall–Kier alpha value is -2.26. The van der Waals surface area contributed by atoms with Crippen molar-refractivity contribution in [1.82, 2.24) is 4.98 Å². The van der Waals surface area contributed by atoms with Crippen molar-refractivity contribution in [1.29, 1.82) is 0 Å². The molecule has 1 N–H and O–H groups in total. The zero-order valence-electron chi connectivity index (χ0n) is 15.6. The smallest absolute Gasteiger partial charge is 0.203 e. The number of hydrazone groups is 1. The van der Waals surface area contributed by atoms with E-state index in [0.717, 1.165) is 32.2 Å². The van der Waals surface area contributed by atoms with Crippen LogP contribution in [-0.2, 0) is 9.47 Å². The van der Waals surface area contributed by atoms with Crippen molar-refractivity contribution < 1.29 is 14.2 Å². The van der Waals surface area contributed by atoms with Crippen LogP contribution in [0.15, 0.2) is 63.5 Å². The van der Waals surface area contributed by atoms with Gasteiger partial charge in [-0.1, -0.05) is 46.3 Å². The van der Waals surface area contributed by atoms with Gasteiger partial charge in [0.25, 0.3) is 0 Å². The Bertz CT molecular complexity index is 959. The molecule has 150 valence electrons. The molecule has 1 fully saturated rings. The van der Waals surface area contributed by atoms with Crippen molar-refractivity contribution in [2.24, 2.45) is 5.10 Å². The molecular weight excluding hydrogens is 454 g/mol. The zero-order valence-corrected chi connectivity index (χ0v) is 18.0. The normalized spacial score (nSPS) is 14.5. The van der Waals surface area contributed by atoms with Crippen molar-refractivity contribution in [3.63, 3.8) is 0 Å². The zero-order chi connectivity index (χ0) is 19.9. The SMILES string of the molecule is Brc1ccc(OCCC2OCCO2)c(C=NNc2nc(-c3ccccc3)cs2)c1. The van der Waals surface area contributed by atoms with Crippen LogP contribution in [-0.4, -0.2) is 37.3 Å². The van der Waals surface area contributed by atoms with E-state index in [0.29, 0.717) is 26.2 Å². The summed E-state index contributed by atoms with van der Waals surface area (Å²) in [5, 5.41) is 7.07. The third-order valence-electron chi connectivity index (χ3n) is 4.21. The standard InChI is InChI=1S/C21H20BrN3O3S/c22-17-6-7-19(26-9-8-20-27-10-11-28-20)16(12-17)13-23-25-21-24-18(14-29-21)15-4-2-1-3-5-15/h1-7,12-14,20H,8-11H2,(H,24,25). The molecule has 0 spiro atoms. The summed E-state index contributed by atoms with van der Waals surface area (Å²) in [6.45, 7) is 1.80. The van der Waals surface area contributed by atoms with Crippen molar-refractivity contribution in [3.05, 3.63) is 63.9 Å². The first kappa shape index (κ1) is 20.0. The van der Waals surface area contributed by atoms with E-state index in [1.807, 2.05) is 53.9 Å². The van der Waals surface area contributed by atoms with Gasteiger partial charge in [0.1, 0.15) is 5.75 Å². The Morgan fingerprint density at radius 1 is 1.21 bits per heavy atom. The predicted molar refractivity (Wildman–Crippen MR) is 119 cm³/mol. The Labute approximate surface area is 181 Å². The van der Waals surface area contributed by atoms with Crippen LogP contribution < -0.4 is 10.2 Å². The van der Waals surface area contributed by atoms with E-state index in [9.17, 15) is 0 Å². The summed E-state index contributed by atoms with van der Waals surface area (Å²) in [5.74, 6) is 0.751. The summed E-state index contributed by atoms with van der Waals surface area (Å²) in [6.07, 6.45) is 2.24. The Morgan fingerprint density at radius 2 is 2.03 bits per heavy atom. The molecular formula is C21H20BrN3O3S. The third-order valence-corrected chi connectivity index (χ3v) is 5.45. The van der Waals surface area contributed by atoms with Gasteiger partial charge in [-0.2, -0.15) is 5.10 Å². The fourth-order valence-corrected chi connectivity index (χ4v) is 3.86. The number of thiazole rings is 1. The Kier molecular flexibility index (Phi) is 6.89. The van der Waals surface area contributed by atoms with Gasteiger partial charge in [0.05, 0.1) is 31.7 Å². The maximum atomic E-state index is 5.91. The molecule has 3 aromatic rings. The molecule has 1 aliphatic rings. The number of anilines is 1. The quantitative estimate of drug-likeness (QED) is 0.361. The fraction of sp³-hybridized carbons (Fsp3) is 0.238. The molecule has 4 rings (SSSR count). The topological polar surface area (TPSA) is 65.0 Å². The van der Waals surface area contributed by atoms with Crippen LogP contribution in [0.2, 0.25) is 0 Å².